The molecule has 0 saturated heterocycles. The smallest absolute Gasteiger partial charge is 0.189 e. The standard InChI is InChI=1S/C7H16O2P/c1-2-3-4-5-6-7-10(8)9/h6,10H,2-5,7H2,1H3,(H,8,9). The first-order valence-electron chi connectivity index (χ1n) is 3.80. The van der Waals surface area contributed by atoms with Crippen LogP contribution in [0.3, 0.4) is 0 Å². The lowest BCUT2D eigenvalue weighted by molar-refractivity contribution is 0.504. The van der Waals surface area contributed by atoms with E-state index in [0.29, 0.717) is 6.16 Å². The molecule has 2 nitrogen and oxygen atoms in total. The van der Waals surface area contributed by atoms with Gasteiger partial charge in [-0.15, -0.1) is 0 Å². The fraction of sp³-hybridized carbons (Fsp3) is 0.857. The van der Waals surface area contributed by atoms with Gasteiger partial charge in [-0.3, -0.25) is 4.57 Å². The second kappa shape index (κ2) is 7.30. The molecule has 0 amide bonds. The lowest BCUT2D eigenvalue weighted by atomic mass is 10.2. The van der Waals surface area contributed by atoms with Crippen molar-refractivity contribution in [3.8, 4) is 0 Å². The van der Waals surface area contributed by atoms with E-state index in [1.54, 1.807) is 0 Å². The van der Waals surface area contributed by atoms with E-state index in [9.17, 15) is 4.57 Å². The molecule has 0 aliphatic heterocycles. The van der Waals surface area contributed by atoms with Crippen molar-refractivity contribution in [1.82, 2.24) is 0 Å². The summed E-state index contributed by atoms with van der Waals surface area (Å²) in [5, 5.41) is 0. The Morgan fingerprint density at radius 1 is 1.50 bits per heavy atom. The van der Waals surface area contributed by atoms with E-state index in [2.05, 4.69) is 6.92 Å². The van der Waals surface area contributed by atoms with Crippen LogP contribution < -0.4 is 0 Å². The summed E-state index contributed by atoms with van der Waals surface area (Å²) in [6, 6.07) is 0. The maximum absolute atomic E-state index is 10.2. The zero-order valence-corrected chi connectivity index (χ0v) is 7.47. The minimum Gasteiger partial charge on any atom is -0.346 e. The third kappa shape index (κ3) is 8.19. The van der Waals surface area contributed by atoms with Crippen molar-refractivity contribution >= 4 is 8.03 Å². The molecule has 1 radical (unpaired) electrons. The normalized spacial score (nSPS) is 13.4. The van der Waals surface area contributed by atoms with E-state index in [0.717, 1.165) is 12.8 Å². The van der Waals surface area contributed by atoms with Crippen molar-refractivity contribution in [3.05, 3.63) is 6.42 Å². The van der Waals surface area contributed by atoms with Crippen LogP contribution in [-0.4, -0.2) is 11.1 Å². The van der Waals surface area contributed by atoms with Gasteiger partial charge in [-0.05, 0) is 12.8 Å². The van der Waals surface area contributed by atoms with Crippen LogP contribution in [0.1, 0.15) is 32.6 Å². The van der Waals surface area contributed by atoms with Crippen molar-refractivity contribution < 1.29 is 9.46 Å². The van der Waals surface area contributed by atoms with E-state index < -0.39 is 8.03 Å². The molecular formula is C7H16O2P. The Bertz CT molecular complexity index is 93.6. The predicted molar refractivity (Wildman–Crippen MR) is 44.5 cm³/mol. The summed E-state index contributed by atoms with van der Waals surface area (Å²) < 4.78 is 10.2. The molecule has 0 heterocycles. The SMILES string of the molecule is CCCCC[CH]C[PH](=O)O. The molecule has 1 atom stereocenters. The van der Waals surface area contributed by atoms with Crippen LogP contribution in [-0.2, 0) is 4.57 Å². The van der Waals surface area contributed by atoms with Crippen molar-refractivity contribution in [2.75, 3.05) is 6.16 Å². The minimum atomic E-state index is -2.23. The van der Waals surface area contributed by atoms with E-state index in [1.165, 1.54) is 12.8 Å². The Kier molecular flexibility index (Phi) is 7.44. The summed E-state index contributed by atoms with van der Waals surface area (Å²) in [6.07, 6.45) is 6.90. The van der Waals surface area contributed by atoms with E-state index in [-0.39, 0.29) is 0 Å². The molecule has 3 heteroatoms. The zero-order valence-electron chi connectivity index (χ0n) is 6.47. The third-order valence-corrected chi connectivity index (χ3v) is 1.97. The van der Waals surface area contributed by atoms with E-state index in [4.69, 9.17) is 4.89 Å². The van der Waals surface area contributed by atoms with Gasteiger partial charge >= 0.3 is 0 Å². The topological polar surface area (TPSA) is 37.3 Å². The first-order valence-corrected chi connectivity index (χ1v) is 5.37. The second-order valence-corrected chi connectivity index (χ2v) is 3.58. The quantitative estimate of drug-likeness (QED) is 0.481. The van der Waals surface area contributed by atoms with Crippen molar-refractivity contribution in [2.24, 2.45) is 0 Å². The highest BCUT2D eigenvalue weighted by atomic mass is 31.1. The molecule has 0 aromatic carbocycles. The highest BCUT2D eigenvalue weighted by Crippen LogP contribution is 2.15. The monoisotopic (exact) mass is 163 g/mol. The van der Waals surface area contributed by atoms with Gasteiger partial charge in [0.25, 0.3) is 0 Å². The van der Waals surface area contributed by atoms with Gasteiger partial charge in [-0.25, -0.2) is 0 Å². The lowest BCUT2D eigenvalue weighted by Gasteiger charge is -1.95. The largest absolute Gasteiger partial charge is 0.346 e. The number of unbranched alkanes of at least 4 members (excludes halogenated alkanes) is 4. The van der Waals surface area contributed by atoms with Crippen molar-refractivity contribution in [1.29, 1.82) is 0 Å². The van der Waals surface area contributed by atoms with Gasteiger partial charge < -0.3 is 4.89 Å². The fourth-order valence-corrected chi connectivity index (χ4v) is 1.22. The first-order chi connectivity index (χ1) is 4.77. The molecule has 0 rings (SSSR count). The van der Waals surface area contributed by atoms with Crippen LogP contribution in [0.4, 0.5) is 0 Å². The van der Waals surface area contributed by atoms with Gasteiger partial charge in [0.15, 0.2) is 8.03 Å². The van der Waals surface area contributed by atoms with Crippen LogP contribution in [0.5, 0.6) is 0 Å². The van der Waals surface area contributed by atoms with Crippen LogP contribution in [0.2, 0.25) is 0 Å². The van der Waals surface area contributed by atoms with Crippen LogP contribution in [0.15, 0.2) is 0 Å². The average Bonchev–Trinajstić information content (AvgIpc) is 1.87. The number of hydrogen-bond acceptors (Lipinski definition) is 1. The van der Waals surface area contributed by atoms with Crippen LogP contribution in [0.25, 0.3) is 0 Å². The summed E-state index contributed by atoms with van der Waals surface area (Å²) in [4.78, 5) is 8.42. The summed E-state index contributed by atoms with van der Waals surface area (Å²) >= 11 is 0. The third-order valence-electron chi connectivity index (χ3n) is 1.33. The molecule has 1 N–H and O–H groups in total. The van der Waals surface area contributed by atoms with Crippen LogP contribution in [0, 0.1) is 6.42 Å². The summed E-state index contributed by atoms with van der Waals surface area (Å²) in [6.45, 7) is 2.15. The maximum Gasteiger partial charge on any atom is 0.189 e. The van der Waals surface area contributed by atoms with Gasteiger partial charge in [-0.1, -0.05) is 26.2 Å². The molecule has 0 aliphatic rings. The molecular weight excluding hydrogens is 147 g/mol. The molecule has 0 aromatic rings. The molecule has 0 aliphatic carbocycles. The fourth-order valence-electron chi connectivity index (χ4n) is 0.764. The highest BCUT2D eigenvalue weighted by molar-refractivity contribution is 7.38. The van der Waals surface area contributed by atoms with Crippen LogP contribution >= 0.6 is 8.03 Å². The molecule has 0 aromatic heterocycles. The molecule has 0 bridgehead atoms. The Morgan fingerprint density at radius 3 is 2.70 bits per heavy atom. The Hall–Kier alpha value is 0.190. The highest BCUT2D eigenvalue weighted by Gasteiger charge is 1.92. The summed E-state index contributed by atoms with van der Waals surface area (Å²) in [5.74, 6) is 0. The Labute approximate surface area is 63.5 Å². The maximum atomic E-state index is 10.2. The molecule has 0 fully saturated rings. The Balaban J connectivity index is 2.84. The summed E-state index contributed by atoms with van der Waals surface area (Å²) in [5.41, 5.74) is 0. The minimum absolute atomic E-state index is 0.397. The van der Waals surface area contributed by atoms with Crippen molar-refractivity contribution in [2.45, 2.75) is 32.6 Å². The molecule has 0 spiro atoms. The molecule has 10 heavy (non-hydrogen) atoms. The second-order valence-electron chi connectivity index (χ2n) is 2.38. The Morgan fingerprint density at radius 2 is 2.20 bits per heavy atom. The predicted octanol–water partition coefficient (Wildman–Crippen LogP) is 2.24. The van der Waals surface area contributed by atoms with E-state index in [1.807, 2.05) is 6.42 Å². The van der Waals surface area contributed by atoms with E-state index >= 15 is 0 Å². The lowest BCUT2D eigenvalue weighted by Crippen LogP contribution is -1.81. The van der Waals surface area contributed by atoms with Gasteiger partial charge in [0.2, 0.25) is 0 Å². The van der Waals surface area contributed by atoms with Gasteiger partial charge in [0, 0.05) is 6.16 Å². The molecule has 0 saturated carbocycles. The van der Waals surface area contributed by atoms with Crippen molar-refractivity contribution in [3.63, 3.8) is 0 Å². The van der Waals surface area contributed by atoms with Gasteiger partial charge in [0.1, 0.15) is 0 Å². The van der Waals surface area contributed by atoms with Gasteiger partial charge in [0.05, 0.1) is 0 Å². The first kappa shape index (κ1) is 10.2. The average molecular weight is 163 g/mol. The zero-order chi connectivity index (χ0) is 7.82. The molecule has 1 unspecified atom stereocenters. The number of rotatable bonds is 6. The summed E-state index contributed by atoms with van der Waals surface area (Å²) in [7, 11) is -2.23. The van der Waals surface area contributed by atoms with Gasteiger partial charge in [-0.2, -0.15) is 0 Å². The molecule has 61 valence electrons. The number of hydrogen-bond donors (Lipinski definition) is 1.